The Morgan fingerprint density at radius 3 is 2.62 bits per heavy atom. The van der Waals surface area contributed by atoms with Crippen molar-refractivity contribution in [2.45, 2.75) is 31.6 Å². The lowest BCUT2D eigenvalue weighted by Crippen LogP contribution is -2.38. The lowest BCUT2D eigenvalue weighted by molar-refractivity contribution is -0.117. The lowest BCUT2D eigenvalue weighted by Gasteiger charge is -2.26. The Morgan fingerprint density at radius 2 is 1.90 bits per heavy atom. The van der Waals surface area contributed by atoms with Gasteiger partial charge in [-0.2, -0.15) is 4.99 Å². The zero-order valence-corrected chi connectivity index (χ0v) is 17.8. The number of halogens is 1. The Balaban J connectivity index is 1.67. The Kier molecular flexibility index (Phi) is 5.25. The van der Waals surface area contributed by atoms with Crippen LogP contribution >= 0.6 is 11.8 Å². The first kappa shape index (κ1) is 20.1. The molecule has 2 fully saturated rings. The predicted octanol–water partition coefficient (Wildman–Crippen LogP) is 3.29. The number of benzene rings is 2. The van der Waals surface area contributed by atoms with E-state index >= 15 is 0 Å². The summed E-state index contributed by atoms with van der Waals surface area (Å²) >= 11 is 1.36. The molecule has 0 saturated carbocycles. The molecule has 152 valence electrons. The topological polar surface area (TPSA) is 66.8 Å². The molecule has 0 aromatic heterocycles. The van der Waals surface area contributed by atoms with Crippen LogP contribution in [-0.4, -0.2) is 42.3 Å². The first-order valence-electron chi connectivity index (χ1n) is 9.32. The maximum Gasteiger partial charge on any atom is 0.252 e. The van der Waals surface area contributed by atoms with E-state index in [1.165, 1.54) is 23.9 Å². The molecule has 0 spiro atoms. The van der Waals surface area contributed by atoms with Crippen molar-refractivity contribution in [1.29, 1.82) is 0 Å². The average molecular weight is 433 g/mol. The fourth-order valence-corrected chi connectivity index (χ4v) is 7.69. The minimum atomic E-state index is -3.11. The average Bonchev–Trinajstić information content (AvgIpc) is 3.10. The first-order chi connectivity index (χ1) is 13.7. The second kappa shape index (κ2) is 7.57. The van der Waals surface area contributed by atoms with Crippen LogP contribution < -0.4 is 4.90 Å². The summed E-state index contributed by atoms with van der Waals surface area (Å²) < 4.78 is 37.5. The molecule has 2 aliphatic rings. The number of hydrogen-bond donors (Lipinski definition) is 0. The molecule has 29 heavy (non-hydrogen) atoms. The Labute approximate surface area is 173 Å². The Hall–Kier alpha value is -2.19. The summed E-state index contributed by atoms with van der Waals surface area (Å²) in [4.78, 5) is 18.8. The molecule has 0 N–H and O–H groups in total. The summed E-state index contributed by atoms with van der Waals surface area (Å²) in [6.45, 7) is 3.99. The summed E-state index contributed by atoms with van der Waals surface area (Å²) in [5.74, 6) is -0.538. The molecular formula is C21H21FN2O3S2. The third-order valence-electron chi connectivity index (χ3n) is 5.39. The predicted molar refractivity (Wildman–Crippen MR) is 115 cm³/mol. The summed E-state index contributed by atoms with van der Waals surface area (Å²) in [5.41, 5.74) is 3.70. The molecule has 1 amide bonds. The molecule has 0 unspecified atom stereocenters. The molecule has 2 aromatic carbocycles. The van der Waals surface area contributed by atoms with Crippen LogP contribution in [0.25, 0.3) is 0 Å². The molecule has 2 aromatic rings. The van der Waals surface area contributed by atoms with E-state index in [-0.39, 0.29) is 40.9 Å². The van der Waals surface area contributed by atoms with E-state index in [0.29, 0.717) is 10.7 Å². The van der Waals surface area contributed by atoms with Gasteiger partial charge in [-0.05, 0) is 48.7 Å². The number of hydrogen-bond acceptors (Lipinski definition) is 4. The van der Waals surface area contributed by atoms with E-state index in [9.17, 15) is 17.6 Å². The smallest absolute Gasteiger partial charge is 0.252 e. The van der Waals surface area contributed by atoms with Gasteiger partial charge in [0.2, 0.25) is 0 Å². The van der Waals surface area contributed by atoms with Gasteiger partial charge in [0.25, 0.3) is 5.91 Å². The quantitative estimate of drug-likeness (QED) is 0.745. The van der Waals surface area contributed by atoms with Crippen LogP contribution in [0.2, 0.25) is 0 Å². The fourth-order valence-electron chi connectivity index (χ4n) is 3.77. The van der Waals surface area contributed by atoms with Crippen LogP contribution in [-0.2, 0) is 21.1 Å². The number of rotatable bonds is 3. The summed E-state index contributed by atoms with van der Waals surface area (Å²) in [7, 11) is -3.11. The third kappa shape index (κ3) is 4.09. The number of amides is 1. The Morgan fingerprint density at radius 1 is 1.17 bits per heavy atom. The van der Waals surface area contributed by atoms with Crippen molar-refractivity contribution in [1.82, 2.24) is 0 Å². The van der Waals surface area contributed by atoms with E-state index < -0.39 is 9.84 Å². The molecular weight excluding hydrogens is 411 g/mol. The fraction of sp³-hybridized carbons (Fsp3) is 0.333. The van der Waals surface area contributed by atoms with Gasteiger partial charge in [0.05, 0.1) is 24.0 Å². The molecule has 4 rings (SSSR count). The monoisotopic (exact) mass is 432 g/mol. The van der Waals surface area contributed by atoms with Gasteiger partial charge >= 0.3 is 0 Å². The van der Waals surface area contributed by atoms with Crippen molar-refractivity contribution in [3.8, 4) is 0 Å². The normalized spacial score (nSPS) is 24.1. The van der Waals surface area contributed by atoms with Crippen molar-refractivity contribution >= 4 is 38.4 Å². The number of fused-ring (bicyclic) bond motifs is 1. The van der Waals surface area contributed by atoms with Gasteiger partial charge in [0.1, 0.15) is 5.82 Å². The van der Waals surface area contributed by atoms with E-state index in [4.69, 9.17) is 0 Å². The standard InChI is InChI=1S/C21H21FN2O3S2/c1-13-4-3-5-17(14(13)2)24-18-11-29(26,27)12-19(18)28-21(24)23-20(25)10-15-6-8-16(22)9-7-15/h3-9,18-19H,10-12H2,1-2H3/t18-,19+/m1/s1. The number of nitrogens with zero attached hydrogens (tertiary/aromatic N) is 2. The molecule has 2 heterocycles. The minimum Gasteiger partial charge on any atom is -0.315 e. The zero-order valence-electron chi connectivity index (χ0n) is 16.1. The highest BCUT2D eigenvalue weighted by molar-refractivity contribution is 8.16. The number of anilines is 1. The zero-order chi connectivity index (χ0) is 20.8. The van der Waals surface area contributed by atoms with E-state index in [1.807, 2.05) is 36.9 Å². The maximum absolute atomic E-state index is 13.1. The highest BCUT2D eigenvalue weighted by Crippen LogP contribution is 2.42. The SMILES string of the molecule is Cc1cccc(N2C(=NC(=O)Cc3ccc(F)cc3)S[C@H]3CS(=O)(=O)C[C@H]32)c1C. The van der Waals surface area contributed by atoms with Crippen LogP contribution in [0.3, 0.4) is 0 Å². The van der Waals surface area contributed by atoms with Crippen LogP contribution in [0, 0.1) is 19.7 Å². The van der Waals surface area contributed by atoms with Crippen LogP contribution in [0.15, 0.2) is 47.5 Å². The molecule has 8 heteroatoms. The van der Waals surface area contributed by atoms with Gasteiger partial charge in [0, 0.05) is 10.9 Å². The Bertz CT molecular complexity index is 1100. The van der Waals surface area contributed by atoms with Crippen molar-refractivity contribution in [3.05, 3.63) is 65.0 Å². The van der Waals surface area contributed by atoms with Crippen LogP contribution in [0.1, 0.15) is 16.7 Å². The molecule has 5 nitrogen and oxygen atoms in total. The van der Waals surface area contributed by atoms with Crippen molar-refractivity contribution in [2.75, 3.05) is 16.4 Å². The molecule has 0 radical (unpaired) electrons. The highest BCUT2D eigenvalue weighted by Gasteiger charge is 2.49. The van der Waals surface area contributed by atoms with Gasteiger partial charge in [-0.1, -0.05) is 36.0 Å². The summed E-state index contributed by atoms with van der Waals surface area (Å²) in [6, 6.07) is 11.4. The third-order valence-corrected chi connectivity index (χ3v) is 8.60. The van der Waals surface area contributed by atoms with Gasteiger partial charge in [-0.15, -0.1) is 0 Å². The highest BCUT2D eigenvalue weighted by atomic mass is 32.2. The summed E-state index contributed by atoms with van der Waals surface area (Å²) in [6.07, 6.45) is 0.0681. The van der Waals surface area contributed by atoms with Crippen LogP contribution in [0.4, 0.5) is 10.1 Å². The van der Waals surface area contributed by atoms with Gasteiger partial charge in [0.15, 0.2) is 15.0 Å². The van der Waals surface area contributed by atoms with E-state index in [2.05, 4.69) is 4.99 Å². The number of carbonyl (C=O) groups excluding carboxylic acids is 1. The molecule has 2 aliphatic heterocycles. The van der Waals surface area contributed by atoms with Gasteiger partial charge in [-0.3, -0.25) is 4.79 Å². The van der Waals surface area contributed by atoms with E-state index in [0.717, 1.165) is 16.8 Å². The summed E-state index contributed by atoms with van der Waals surface area (Å²) in [5, 5.41) is 0.396. The van der Waals surface area contributed by atoms with Crippen molar-refractivity contribution in [3.63, 3.8) is 0 Å². The number of sulfone groups is 1. The first-order valence-corrected chi connectivity index (χ1v) is 12.0. The number of amidine groups is 1. The maximum atomic E-state index is 13.1. The van der Waals surface area contributed by atoms with Gasteiger partial charge in [-0.25, -0.2) is 12.8 Å². The molecule has 2 atom stereocenters. The molecule has 0 aliphatic carbocycles. The van der Waals surface area contributed by atoms with E-state index in [1.54, 1.807) is 12.1 Å². The number of thioether (sulfide) groups is 1. The second-order valence-electron chi connectivity index (χ2n) is 7.48. The number of aliphatic imine (C=N–C) groups is 1. The van der Waals surface area contributed by atoms with Crippen LogP contribution in [0.5, 0.6) is 0 Å². The minimum absolute atomic E-state index is 0.0588. The van der Waals surface area contributed by atoms with Gasteiger partial charge < -0.3 is 4.90 Å². The molecule has 0 bridgehead atoms. The number of carbonyl (C=O) groups is 1. The van der Waals surface area contributed by atoms with Crippen molar-refractivity contribution < 1.29 is 17.6 Å². The molecule has 2 saturated heterocycles. The largest absolute Gasteiger partial charge is 0.315 e. The van der Waals surface area contributed by atoms with Crippen molar-refractivity contribution in [2.24, 2.45) is 4.99 Å². The number of aryl methyl sites for hydroxylation is 1. The lowest BCUT2D eigenvalue weighted by atomic mass is 10.1. The second-order valence-corrected chi connectivity index (χ2v) is 10.8.